The number of thioether (sulfide) groups is 1. The fourth-order valence-electron chi connectivity index (χ4n) is 3.76. The molecule has 16 heteroatoms. The second-order valence-electron chi connectivity index (χ2n) is 8.78. The zero-order chi connectivity index (χ0) is 30.1. The Balaban J connectivity index is 1.34. The molecule has 0 spiro atoms. The summed E-state index contributed by atoms with van der Waals surface area (Å²) in [5.41, 5.74) is 5.83. The molecular formula is C26H31FN5O8PS. The molecule has 0 aliphatic carbocycles. The van der Waals surface area contributed by atoms with Gasteiger partial charge in [0.15, 0.2) is 22.7 Å². The average Bonchev–Trinajstić information content (AvgIpc) is 3.39. The van der Waals surface area contributed by atoms with Gasteiger partial charge in [-0.1, -0.05) is 18.2 Å². The van der Waals surface area contributed by atoms with E-state index >= 15 is 0 Å². The third-order valence-electron chi connectivity index (χ3n) is 5.91. The molecule has 0 amide bonds. The number of nitrogen functional groups attached to an aromatic ring is 1. The number of hydrogen-bond acceptors (Lipinski definition) is 12. The maximum atomic E-state index is 14.1. The fraction of sp³-hybridized carbons (Fsp3) is 0.346. The minimum absolute atomic E-state index is 0.0202. The second-order valence-corrected chi connectivity index (χ2v) is 12.0. The van der Waals surface area contributed by atoms with Crippen molar-refractivity contribution in [3.8, 4) is 11.5 Å². The van der Waals surface area contributed by atoms with E-state index in [9.17, 15) is 18.9 Å². The van der Waals surface area contributed by atoms with Crippen LogP contribution in [0.4, 0.5) is 10.3 Å². The topological polar surface area (TPSA) is 173 Å². The van der Waals surface area contributed by atoms with Crippen molar-refractivity contribution in [1.82, 2.24) is 19.5 Å². The molecule has 0 saturated heterocycles. The Hall–Kier alpha value is -3.46. The first-order valence-corrected chi connectivity index (χ1v) is 15.4. The molecule has 4 N–H and O–H groups in total. The van der Waals surface area contributed by atoms with Crippen LogP contribution >= 0.6 is 19.4 Å². The summed E-state index contributed by atoms with van der Waals surface area (Å²) in [7, 11) is -0.922. The molecule has 2 aromatic carbocycles. The molecule has 13 nitrogen and oxygen atoms in total. The summed E-state index contributed by atoms with van der Waals surface area (Å²) in [6, 6.07) is 11.2. The second kappa shape index (κ2) is 14.6. The Kier molecular flexibility index (Phi) is 11.0. The predicted molar refractivity (Wildman–Crippen MR) is 155 cm³/mol. The molecule has 0 bridgehead atoms. The molecular weight excluding hydrogens is 592 g/mol. The minimum Gasteiger partial charge on any atom is -0.497 e. The van der Waals surface area contributed by atoms with Gasteiger partial charge in [-0.15, -0.1) is 11.8 Å². The summed E-state index contributed by atoms with van der Waals surface area (Å²) in [5, 5.41) is 10.5. The Morgan fingerprint density at radius 1 is 1.14 bits per heavy atom. The lowest BCUT2D eigenvalue weighted by Crippen LogP contribution is -2.13. The van der Waals surface area contributed by atoms with E-state index in [1.807, 2.05) is 0 Å². The number of nitrogens with zero attached hydrogens (tertiary/aromatic N) is 3. The van der Waals surface area contributed by atoms with Gasteiger partial charge in [-0.25, -0.2) is 9.37 Å². The molecule has 0 aliphatic rings. The molecule has 4 rings (SSSR count). The summed E-state index contributed by atoms with van der Waals surface area (Å²) in [6.45, 7) is 0.0492. The number of ether oxygens (including phenoxy) is 3. The third kappa shape index (κ3) is 8.31. The number of halogens is 1. The first-order valence-electron chi connectivity index (χ1n) is 12.6. The van der Waals surface area contributed by atoms with E-state index in [2.05, 4.69) is 15.0 Å². The van der Waals surface area contributed by atoms with Gasteiger partial charge >= 0.3 is 7.60 Å². The van der Waals surface area contributed by atoms with E-state index in [4.69, 9.17) is 29.0 Å². The van der Waals surface area contributed by atoms with E-state index in [0.717, 1.165) is 0 Å². The van der Waals surface area contributed by atoms with Gasteiger partial charge in [0, 0.05) is 12.3 Å². The van der Waals surface area contributed by atoms with Gasteiger partial charge in [-0.05, 0) is 35.4 Å². The Labute approximate surface area is 244 Å². The monoisotopic (exact) mass is 623 g/mol. The minimum atomic E-state index is -3.83. The average molecular weight is 624 g/mol. The number of nitrogens with two attached hydrogens (primary N) is 1. The number of imidazole rings is 1. The van der Waals surface area contributed by atoms with Gasteiger partial charge < -0.3 is 38.7 Å². The van der Waals surface area contributed by atoms with Gasteiger partial charge in [0.2, 0.25) is 5.95 Å². The molecule has 42 heavy (non-hydrogen) atoms. The molecule has 2 heterocycles. The van der Waals surface area contributed by atoms with Gasteiger partial charge in [0.1, 0.15) is 17.5 Å². The normalized spacial score (nSPS) is 13.6. The molecule has 226 valence electrons. The molecule has 0 aliphatic heterocycles. The van der Waals surface area contributed by atoms with Gasteiger partial charge in [-0.2, -0.15) is 4.98 Å². The Morgan fingerprint density at radius 3 is 2.64 bits per heavy atom. The van der Waals surface area contributed by atoms with E-state index < -0.39 is 30.8 Å². The van der Waals surface area contributed by atoms with E-state index in [0.29, 0.717) is 22.6 Å². The summed E-state index contributed by atoms with van der Waals surface area (Å²) in [5.74, 6) is 0.394. The number of hydrogen-bond donors (Lipinski definition) is 3. The number of aliphatic hydroxyl groups is 1. The van der Waals surface area contributed by atoms with E-state index in [-0.39, 0.29) is 49.2 Å². The maximum absolute atomic E-state index is 14.1. The van der Waals surface area contributed by atoms with Crippen molar-refractivity contribution in [2.75, 3.05) is 45.3 Å². The van der Waals surface area contributed by atoms with Crippen LogP contribution in [-0.4, -0.2) is 64.2 Å². The van der Waals surface area contributed by atoms with Crippen LogP contribution in [0, 0.1) is 5.82 Å². The van der Waals surface area contributed by atoms with Crippen LogP contribution in [0.2, 0.25) is 0 Å². The van der Waals surface area contributed by atoms with Crippen LogP contribution < -0.4 is 20.8 Å². The zero-order valence-electron chi connectivity index (χ0n) is 22.9. The number of H-pyrrole nitrogens is 1. The molecule has 2 atom stereocenters. The number of anilines is 1. The molecule has 0 fully saturated rings. The summed E-state index contributed by atoms with van der Waals surface area (Å²) < 4.78 is 56.2. The van der Waals surface area contributed by atoms with Crippen LogP contribution in [0.5, 0.6) is 11.5 Å². The number of aromatic nitrogens is 4. The number of benzene rings is 2. The van der Waals surface area contributed by atoms with Gasteiger partial charge in [-0.3, -0.25) is 14.3 Å². The van der Waals surface area contributed by atoms with Crippen LogP contribution in [-0.2, 0) is 31.5 Å². The van der Waals surface area contributed by atoms with E-state index in [1.165, 1.54) is 37.3 Å². The smallest absolute Gasteiger partial charge is 0.356 e. The number of aliphatic hydroxyl groups excluding tert-OH is 1. The quantitative estimate of drug-likeness (QED) is 0.0940. The highest BCUT2D eigenvalue weighted by Gasteiger charge is 2.26. The predicted octanol–water partition coefficient (Wildman–Crippen LogP) is 3.68. The number of nitrogens with one attached hydrogen (secondary N) is 1. The van der Waals surface area contributed by atoms with Crippen LogP contribution in [0.25, 0.3) is 11.2 Å². The van der Waals surface area contributed by atoms with Gasteiger partial charge in [0.05, 0.1) is 40.4 Å². The fourth-order valence-corrected chi connectivity index (χ4v) is 5.93. The molecule has 4 aromatic rings. The van der Waals surface area contributed by atoms with Crippen molar-refractivity contribution in [3.05, 3.63) is 76.1 Å². The number of fused-ring (bicyclic) bond motifs is 1. The highest BCUT2D eigenvalue weighted by atomic mass is 32.2. The van der Waals surface area contributed by atoms with Crippen molar-refractivity contribution in [1.29, 1.82) is 0 Å². The molecule has 0 saturated carbocycles. The van der Waals surface area contributed by atoms with Crippen molar-refractivity contribution >= 4 is 36.5 Å². The first kappa shape index (κ1) is 31.5. The summed E-state index contributed by atoms with van der Waals surface area (Å²) in [6.07, 6.45) is 1.02. The lowest BCUT2D eigenvalue weighted by molar-refractivity contribution is 0.122. The Morgan fingerprint density at radius 2 is 1.93 bits per heavy atom. The highest BCUT2D eigenvalue weighted by Crippen LogP contribution is 2.49. The van der Waals surface area contributed by atoms with Crippen LogP contribution in [0.1, 0.15) is 16.6 Å². The highest BCUT2D eigenvalue weighted by molar-refractivity contribution is 7.99. The maximum Gasteiger partial charge on any atom is 0.356 e. The van der Waals surface area contributed by atoms with Crippen molar-refractivity contribution in [2.24, 2.45) is 0 Å². The van der Waals surface area contributed by atoms with Crippen molar-refractivity contribution < 1.29 is 37.3 Å². The number of aromatic amines is 1. The number of rotatable bonds is 16. The number of methoxy groups -OCH3 is 2. The van der Waals surface area contributed by atoms with Crippen LogP contribution in [0.3, 0.4) is 0 Å². The molecule has 2 unspecified atom stereocenters. The van der Waals surface area contributed by atoms with Crippen molar-refractivity contribution in [2.45, 2.75) is 18.6 Å². The molecule has 2 aromatic heterocycles. The first-order chi connectivity index (χ1) is 20.2. The summed E-state index contributed by atoms with van der Waals surface area (Å²) >= 11 is 1.19. The van der Waals surface area contributed by atoms with E-state index in [1.54, 1.807) is 42.0 Å². The Bertz CT molecular complexity index is 1590. The van der Waals surface area contributed by atoms with Gasteiger partial charge in [0.25, 0.3) is 5.56 Å². The lowest BCUT2D eigenvalue weighted by atomic mass is 10.2. The summed E-state index contributed by atoms with van der Waals surface area (Å²) in [4.78, 5) is 22.5. The van der Waals surface area contributed by atoms with Crippen molar-refractivity contribution in [3.63, 3.8) is 0 Å². The zero-order valence-corrected chi connectivity index (χ0v) is 24.6. The molecule has 0 radical (unpaired) electrons. The third-order valence-corrected chi connectivity index (χ3v) is 8.50. The van der Waals surface area contributed by atoms with Crippen LogP contribution in [0.15, 0.2) is 53.6 Å². The standard InChI is InChI=1S/C26H31FN5O8PS/c1-36-19-6-4-18(5-7-19)25(34)42-12-11-39-41(35,40-14-17-3-8-21(37-2)20(27)13-17)16-38-10-9-32-15-29-22-23(32)30-26(28)31-24(22)33/h3-8,13,15,25,34H,9-12,14,16H2,1-2H3,(H3,28,30,31,33). The SMILES string of the molecule is COc1ccc(C(O)SCCOP(=O)(COCCn2cnc3c(=O)[nH]c(N)nc32)OCc2ccc(OC)c(F)c2)cc1. The lowest BCUT2D eigenvalue weighted by Gasteiger charge is -2.19. The largest absolute Gasteiger partial charge is 0.497 e.